The predicted octanol–water partition coefficient (Wildman–Crippen LogP) is 2.71. The maximum Gasteiger partial charge on any atom is 0.123 e. The standard InChI is InChI=1S/C16H23N3O/c1-4-9-17-14(12-16-18-10-11-19(16)2)13-7-5-6-8-15(13)20-3/h5-8,10-11,14,17H,4,9,12H2,1-3H3. The van der Waals surface area contributed by atoms with E-state index in [1.54, 1.807) is 7.11 Å². The van der Waals surface area contributed by atoms with Gasteiger partial charge in [0.15, 0.2) is 0 Å². The van der Waals surface area contributed by atoms with E-state index in [1.807, 2.05) is 31.6 Å². The molecule has 0 fully saturated rings. The zero-order valence-electron chi connectivity index (χ0n) is 12.5. The summed E-state index contributed by atoms with van der Waals surface area (Å²) < 4.78 is 7.55. The van der Waals surface area contributed by atoms with Crippen molar-refractivity contribution in [1.82, 2.24) is 14.9 Å². The minimum atomic E-state index is 0.215. The first-order valence-electron chi connectivity index (χ1n) is 7.08. The number of hydrogen-bond donors (Lipinski definition) is 1. The SMILES string of the molecule is CCCNC(Cc1nccn1C)c1ccccc1OC. The summed E-state index contributed by atoms with van der Waals surface area (Å²) in [6, 6.07) is 8.40. The van der Waals surface area contributed by atoms with Crippen molar-refractivity contribution in [1.29, 1.82) is 0 Å². The average Bonchev–Trinajstić information content (AvgIpc) is 2.88. The highest BCUT2D eigenvalue weighted by Crippen LogP contribution is 2.27. The molecule has 1 unspecified atom stereocenters. The molecule has 0 radical (unpaired) electrons. The third-order valence-corrected chi connectivity index (χ3v) is 3.46. The molecule has 0 saturated heterocycles. The van der Waals surface area contributed by atoms with Crippen molar-refractivity contribution in [2.75, 3.05) is 13.7 Å². The van der Waals surface area contributed by atoms with Gasteiger partial charge in [-0.3, -0.25) is 0 Å². The van der Waals surface area contributed by atoms with Crippen molar-refractivity contribution in [3.05, 3.63) is 48.0 Å². The Morgan fingerprint density at radius 3 is 2.80 bits per heavy atom. The van der Waals surface area contributed by atoms with Crippen molar-refractivity contribution in [3.8, 4) is 5.75 Å². The van der Waals surface area contributed by atoms with Crippen LogP contribution in [0.3, 0.4) is 0 Å². The van der Waals surface area contributed by atoms with E-state index >= 15 is 0 Å². The predicted molar refractivity (Wildman–Crippen MR) is 80.9 cm³/mol. The topological polar surface area (TPSA) is 39.1 Å². The largest absolute Gasteiger partial charge is 0.496 e. The van der Waals surface area contributed by atoms with E-state index in [2.05, 4.69) is 33.9 Å². The number of ether oxygens (including phenoxy) is 1. The van der Waals surface area contributed by atoms with Gasteiger partial charge in [-0.05, 0) is 19.0 Å². The summed E-state index contributed by atoms with van der Waals surface area (Å²) >= 11 is 0. The van der Waals surface area contributed by atoms with Crippen LogP contribution in [0.2, 0.25) is 0 Å². The summed E-state index contributed by atoms with van der Waals surface area (Å²) in [5, 5.41) is 3.59. The van der Waals surface area contributed by atoms with E-state index in [-0.39, 0.29) is 6.04 Å². The van der Waals surface area contributed by atoms with E-state index < -0.39 is 0 Å². The quantitative estimate of drug-likeness (QED) is 0.843. The van der Waals surface area contributed by atoms with Gasteiger partial charge in [-0.15, -0.1) is 0 Å². The number of benzene rings is 1. The Balaban J connectivity index is 2.24. The molecule has 20 heavy (non-hydrogen) atoms. The van der Waals surface area contributed by atoms with Crippen molar-refractivity contribution in [2.45, 2.75) is 25.8 Å². The molecule has 4 nitrogen and oxygen atoms in total. The maximum atomic E-state index is 5.49. The molecule has 1 aromatic heterocycles. The average molecular weight is 273 g/mol. The summed E-state index contributed by atoms with van der Waals surface area (Å²) in [5.74, 6) is 2.00. The second-order valence-corrected chi connectivity index (χ2v) is 4.91. The first kappa shape index (κ1) is 14.6. The molecule has 0 saturated carbocycles. The van der Waals surface area contributed by atoms with E-state index in [9.17, 15) is 0 Å². The summed E-state index contributed by atoms with van der Waals surface area (Å²) in [5.41, 5.74) is 1.19. The molecule has 1 heterocycles. The van der Waals surface area contributed by atoms with Crippen LogP contribution in [-0.2, 0) is 13.5 Å². The van der Waals surface area contributed by atoms with Crippen molar-refractivity contribution < 1.29 is 4.74 Å². The molecule has 108 valence electrons. The Morgan fingerprint density at radius 1 is 1.35 bits per heavy atom. The van der Waals surface area contributed by atoms with Gasteiger partial charge in [0.05, 0.1) is 7.11 Å². The number of aryl methyl sites for hydroxylation is 1. The molecule has 0 spiro atoms. The summed E-state index contributed by atoms with van der Waals surface area (Å²) in [6.45, 7) is 3.15. The lowest BCUT2D eigenvalue weighted by Gasteiger charge is -2.21. The van der Waals surface area contributed by atoms with Crippen LogP contribution in [0.15, 0.2) is 36.7 Å². The number of methoxy groups -OCH3 is 1. The molecule has 0 amide bonds. The van der Waals surface area contributed by atoms with Crippen LogP contribution in [0.1, 0.15) is 30.8 Å². The third-order valence-electron chi connectivity index (χ3n) is 3.46. The van der Waals surface area contributed by atoms with Gasteiger partial charge in [0, 0.05) is 37.5 Å². The Kier molecular flexibility index (Phi) is 5.18. The van der Waals surface area contributed by atoms with Crippen molar-refractivity contribution >= 4 is 0 Å². The second-order valence-electron chi connectivity index (χ2n) is 4.91. The number of rotatable bonds is 7. The number of imidazole rings is 1. The highest BCUT2D eigenvalue weighted by Gasteiger charge is 2.17. The molecule has 1 aromatic carbocycles. The second kappa shape index (κ2) is 7.10. The molecule has 2 rings (SSSR count). The number of nitrogens with zero attached hydrogens (tertiary/aromatic N) is 2. The van der Waals surface area contributed by atoms with Crippen LogP contribution in [-0.4, -0.2) is 23.2 Å². The van der Waals surface area contributed by atoms with Crippen LogP contribution >= 0.6 is 0 Å². The van der Waals surface area contributed by atoms with E-state index in [0.717, 1.165) is 31.0 Å². The lowest BCUT2D eigenvalue weighted by Crippen LogP contribution is -2.25. The monoisotopic (exact) mass is 273 g/mol. The normalized spacial score (nSPS) is 12.3. The van der Waals surface area contributed by atoms with Gasteiger partial charge in [0.2, 0.25) is 0 Å². The zero-order chi connectivity index (χ0) is 14.4. The van der Waals surface area contributed by atoms with Crippen LogP contribution in [0.25, 0.3) is 0 Å². The van der Waals surface area contributed by atoms with Gasteiger partial charge < -0.3 is 14.6 Å². The fraction of sp³-hybridized carbons (Fsp3) is 0.438. The Hall–Kier alpha value is -1.81. The fourth-order valence-electron chi connectivity index (χ4n) is 2.34. The molecule has 2 aromatic rings. The maximum absolute atomic E-state index is 5.49. The molecule has 4 heteroatoms. The summed E-state index contributed by atoms with van der Waals surface area (Å²) in [7, 11) is 3.75. The molecule has 0 aliphatic heterocycles. The Morgan fingerprint density at radius 2 is 2.15 bits per heavy atom. The van der Waals surface area contributed by atoms with Crippen LogP contribution in [0.5, 0.6) is 5.75 Å². The number of aromatic nitrogens is 2. The lowest BCUT2D eigenvalue weighted by atomic mass is 10.0. The minimum Gasteiger partial charge on any atom is -0.496 e. The van der Waals surface area contributed by atoms with Gasteiger partial charge in [0.25, 0.3) is 0 Å². The summed E-state index contributed by atoms with van der Waals surface area (Å²) in [4.78, 5) is 4.43. The van der Waals surface area contributed by atoms with Crippen LogP contribution in [0.4, 0.5) is 0 Å². The molecule has 1 atom stereocenters. The number of para-hydroxylation sites is 1. The first-order chi connectivity index (χ1) is 9.76. The number of nitrogens with one attached hydrogen (secondary N) is 1. The minimum absolute atomic E-state index is 0.215. The first-order valence-corrected chi connectivity index (χ1v) is 7.08. The highest BCUT2D eigenvalue weighted by atomic mass is 16.5. The van der Waals surface area contributed by atoms with Gasteiger partial charge in [-0.25, -0.2) is 4.98 Å². The van der Waals surface area contributed by atoms with Crippen LogP contribution < -0.4 is 10.1 Å². The van der Waals surface area contributed by atoms with Gasteiger partial charge in [-0.2, -0.15) is 0 Å². The molecular formula is C16H23N3O. The fourth-order valence-corrected chi connectivity index (χ4v) is 2.34. The van der Waals surface area contributed by atoms with E-state index in [4.69, 9.17) is 4.74 Å². The van der Waals surface area contributed by atoms with Gasteiger partial charge >= 0.3 is 0 Å². The summed E-state index contributed by atoms with van der Waals surface area (Å²) in [6.07, 6.45) is 5.78. The van der Waals surface area contributed by atoms with E-state index in [1.165, 1.54) is 5.56 Å². The molecule has 0 bridgehead atoms. The van der Waals surface area contributed by atoms with Crippen molar-refractivity contribution in [2.24, 2.45) is 7.05 Å². The third kappa shape index (κ3) is 3.39. The molecule has 0 aliphatic rings. The number of hydrogen-bond acceptors (Lipinski definition) is 3. The molecular weight excluding hydrogens is 250 g/mol. The highest BCUT2D eigenvalue weighted by molar-refractivity contribution is 5.36. The van der Waals surface area contributed by atoms with Crippen LogP contribution in [0, 0.1) is 0 Å². The Labute approximate surface area is 120 Å². The molecule has 0 aliphatic carbocycles. The van der Waals surface area contributed by atoms with Gasteiger partial charge in [-0.1, -0.05) is 25.1 Å². The van der Waals surface area contributed by atoms with Gasteiger partial charge in [0.1, 0.15) is 11.6 Å². The molecule has 1 N–H and O–H groups in total. The lowest BCUT2D eigenvalue weighted by molar-refractivity contribution is 0.396. The smallest absolute Gasteiger partial charge is 0.123 e. The Bertz CT molecular complexity index is 536. The zero-order valence-corrected chi connectivity index (χ0v) is 12.5. The van der Waals surface area contributed by atoms with E-state index in [0.29, 0.717) is 0 Å². The van der Waals surface area contributed by atoms with Crippen molar-refractivity contribution in [3.63, 3.8) is 0 Å².